The molecule has 2 aromatic carbocycles. The Morgan fingerprint density at radius 1 is 1.27 bits per heavy atom. The number of aryl methyl sites for hydroxylation is 1. The SMILES string of the molecule is Cc1ccc2nc(SCc3cccc(Br)c3)n(N)c(=O)c2c1. The van der Waals surface area contributed by atoms with Crippen LogP contribution in [0.15, 0.2) is 56.9 Å². The molecule has 0 fully saturated rings. The van der Waals surface area contributed by atoms with Crippen LogP contribution in [0.3, 0.4) is 0 Å². The van der Waals surface area contributed by atoms with Crippen LogP contribution < -0.4 is 11.4 Å². The van der Waals surface area contributed by atoms with Crippen molar-refractivity contribution in [2.75, 3.05) is 5.84 Å². The quantitative estimate of drug-likeness (QED) is 0.432. The lowest BCUT2D eigenvalue weighted by Crippen LogP contribution is -2.29. The van der Waals surface area contributed by atoms with Crippen molar-refractivity contribution in [2.45, 2.75) is 17.8 Å². The first kappa shape index (κ1) is 15.1. The predicted octanol–water partition coefficient (Wildman–Crippen LogP) is 3.47. The molecule has 0 aliphatic heterocycles. The molecule has 0 aliphatic rings. The summed E-state index contributed by atoms with van der Waals surface area (Å²) in [6.45, 7) is 1.94. The molecule has 0 saturated heterocycles. The van der Waals surface area contributed by atoms with Crippen molar-refractivity contribution in [2.24, 2.45) is 0 Å². The molecule has 0 atom stereocenters. The van der Waals surface area contributed by atoms with Crippen molar-refractivity contribution in [3.63, 3.8) is 0 Å². The first-order valence-electron chi connectivity index (χ1n) is 6.70. The lowest BCUT2D eigenvalue weighted by atomic mass is 10.2. The third kappa shape index (κ3) is 3.03. The maximum absolute atomic E-state index is 12.3. The average Bonchev–Trinajstić information content (AvgIpc) is 2.50. The Bertz CT molecular complexity index is 908. The van der Waals surface area contributed by atoms with Crippen LogP contribution in [0.4, 0.5) is 0 Å². The van der Waals surface area contributed by atoms with Crippen LogP contribution in [0, 0.1) is 6.92 Å². The van der Waals surface area contributed by atoms with Gasteiger partial charge >= 0.3 is 0 Å². The third-order valence-corrected chi connectivity index (χ3v) is 4.80. The summed E-state index contributed by atoms with van der Waals surface area (Å²) in [5.74, 6) is 6.60. The third-order valence-electron chi connectivity index (χ3n) is 3.28. The summed E-state index contributed by atoms with van der Waals surface area (Å²) < 4.78 is 2.16. The van der Waals surface area contributed by atoms with Gasteiger partial charge in [0.1, 0.15) is 0 Å². The molecule has 6 heteroatoms. The van der Waals surface area contributed by atoms with Gasteiger partial charge in [0.15, 0.2) is 5.16 Å². The van der Waals surface area contributed by atoms with Crippen LogP contribution in [0.1, 0.15) is 11.1 Å². The minimum absolute atomic E-state index is 0.217. The molecule has 0 radical (unpaired) electrons. The van der Waals surface area contributed by atoms with Gasteiger partial charge in [-0.25, -0.2) is 9.66 Å². The maximum Gasteiger partial charge on any atom is 0.280 e. The number of hydrogen-bond acceptors (Lipinski definition) is 4. The molecule has 0 bridgehead atoms. The molecule has 112 valence electrons. The van der Waals surface area contributed by atoms with Gasteiger partial charge in [0, 0.05) is 10.2 Å². The zero-order chi connectivity index (χ0) is 15.7. The number of nitrogens with zero attached hydrogens (tertiary/aromatic N) is 2. The van der Waals surface area contributed by atoms with Gasteiger partial charge in [-0.2, -0.15) is 0 Å². The fraction of sp³-hybridized carbons (Fsp3) is 0.125. The van der Waals surface area contributed by atoms with Gasteiger partial charge < -0.3 is 5.84 Å². The molecule has 0 aliphatic carbocycles. The first-order chi connectivity index (χ1) is 10.5. The molecule has 1 heterocycles. The predicted molar refractivity (Wildman–Crippen MR) is 94.6 cm³/mol. The normalized spacial score (nSPS) is 11.0. The summed E-state index contributed by atoms with van der Waals surface area (Å²) in [6, 6.07) is 13.6. The zero-order valence-electron chi connectivity index (χ0n) is 11.9. The van der Waals surface area contributed by atoms with Crippen LogP contribution in [0.25, 0.3) is 10.9 Å². The van der Waals surface area contributed by atoms with Crippen LogP contribution >= 0.6 is 27.7 Å². The highest BCUT2D eigenvalue weighted by Gasteiger charge is 2.10. The van der Waals surface area contributed by atoms with Crippen molar-refractivity contribution in [3.05, 3.63) is 68.4 Å². The van der Waals surface area contributed by atoms with E-state index in [-0.39, 0.29) is 5.56 Å². The van der Waals surface area contributed by atoms with Gasteiger partial charge in [-0.15, -0.1) is 0 Å². The second-order valence-corrected chi connectivity index (χ2v) is 6.87. The van der Waals surface area contributed by atoms with Gasteiger partial charge in [-0.1, -0.05) is 51.5 Å². The molecular formula is C16H14BrN3OS. The molecule has 4 nitrogen and oxygen atoms in total. The van der Waals surface area contributed by atoms with Gasteiger partial charge in [0.2, 0.25) is 0 Å². The smallest absolute Gasteiger partial charge is 0.280 e. The van der Waals surface area contributed by atoms with E-state index in [0.29, 0.717) is 21.8 Å². The highest BCUT2D eigenvalue weighted by atomic mass is 79.9. The van der Waals surface area contributed by atoms with E-state index in [2.05, 4.69) is 20.9 Å². The van der Waals surface area contributed by atoms with Gasteiger partial charge in [0.05, 0.1) is 10.9 Å². The van der Waals surface area contributed by atoms with E-state index in [0.717, 1.165) is 20.3 Å². The van der Waals surface area contributed by atoms with E-state index in [1.165, 1.54) is 11.8 Å². The standard InChI is InChI=1S/C16H14BrN3OS/c1-10-5-6-14-13(7-10)15(21)20(18)16(19-14)22-9-11-3-2-4-12(17)8-11/h2-8H,9,18H2,1H3. The summed E-state index contributed by atoms with van der Waals surface area (Å²) in [7, 11) is 0. The summed E-state index contributed by atoms with van der Waals surface area (Å²) in [6.07, 6.45) is 0. The van der Waals surface area contributed by atoms with Crippen LogP contribution in [-0.4, -0.2) is 9.66 Å². The van der Waals surface area contributed by atoms with E-state index in [9.17, 15) is 4.79 Å². The van der Waals surface area contributed by atoms with Crippen LogP contribution in [0.2, 0.25) is 0 Å². The molecule has 0 amide bonds. The van der Waals surface area contributed by atoms with E-state index in [1.54, 1.807) is 0 Å². The Balaban J connectivity index is 1.96. The van der Waals surface area contributed by atoms with Gasteiger partial charge in [0.25, 0.3) is 5.56 Å². The van der Waals surface area contributed by atoms with E-state index in [1.807, 2.05) is 49.4 Å². The average molecular weight is 376 g/mol. The zero-order valence-corrected chi connectivity index (χ0v) is 14.3. The summed E-state index contributed by atoms with van der Waals surface area (Å²) in [5.41, 5.74) is 2.61. The maximum atomic E-state index is 12.3. The minimum Gasteiger partial charge on any atom is -0.334 e. The fourth-order valence-corrected chi connectivity index (χ4v) is 3.48. The molecule has 22 heavy (non-hydrogen) atoms. The number of fused-ring (bicyclic) bond motifs is 1. The highest BCUT2D eigenvalue weighted by Crippen LogP contribution is 2.23. The summed E-state index contributed by atoms with van der Waals surface area (Å²) in [4.78, 5) is 16.8. The molecule has 3 rings (SSSR count). The van der Waals surface area contributed by atoms with Crippen molar-refractivity contribution < 1.29 is 0 Å². The lowest BCUT2D eigenvalue weighted by molar-refractivity contribution is 0.779. The Hall–Kier alpha value is -1.79. The second kappa shape index (κ2) is 6.14. The number of benzene rings is 2. The fourth-order valence-electron chi connectivity index (χ4n) is 2.17. The number of rotatable bonds is 3. The number of nitrogen functional groups attached to an aromatic ring is 1. The van der Waals surface area contributed by atoms with Crippen LogP contribution in [-0.2, 0) is 5.75 Å². The Morgan fingerprint density at radius 3 is 2.86 bits per heavy atom. The molecule has 3 aromatic rings. The van der Waals surface area contributed by atoms with Crippen molar-refractivity contribution >= 4 is 38.6 Å². The Labute approximate surface area is 140 Å². The first-order valence-corrected chi connectivity index (χ1v) is 8.48. The summed E-state index contributed by atoms with van der Waals surface area (Å²) in [5, 5.41) is 1.07. The van der Waals surface area contributed by atoms with Crippen molar-refractivity contribution in [1.29, 1.82) is 0 Å². The number of aromatic nitrogens is 2. The van der Waals surface area contributed by atoms with E-state index >= 15 is 0 Å². The van der Waals surface area contributed by atoms with Crippen LogP contribution in [0.5, 0.6) is 0 Å². The highest BCUT2D eigenvalue weighted by molar-refractivity contribution is 9.10. The topological polar surface area (TPSA) is 60.9 Å². The number of nitrogens with two attached hydrogens (primary N) is 1. The lowest BCUT2D eigenvalue weighted by Gasteiger charge is -2.09. The minimum atomic E-state index is -0.217. The molecular weight excluding hydrogens is 362 g/mol. The number of hydrogen-bond donors (Lipinski definition) is 1. The number of thioether (sulfide) groups is 1. The van der Waals surface area contributed by atoms with E-state index < -0.39 is 0 Å². The molecule has 1 aromatic heterocycles. The molecule has 0 spiro atoms. The van der Waals surface area contributed by atoms with Crippen molar-refractivity contribution in [1.82, 2.24) is 9.66 Å². The Kier molecular flexibility index (Phi) is 4.22. The molecule has 2 N–H and O–H groups in total. The molecule has 0 saturated carbocycles. The van der Waals surface area contributed by atoms with Gasteiger partial charge in [-0.3, -0.25) is 4.79 Å². The second-order valence-electron chi connectivity index (χ2n) is 5.01. The Morgan fingerprint density at radius 2 is 2.09 bits per heavy atom. The summed E-state index contributed by atoms with van der Waals surface area (Å²) >= 11 is 4.90. The molecule has 0 unspecified atom stereocenters. The largest absolute Gasteiger partial charge is 0.334 e. The monoisotopic (exact) mass is 375 g/mol. The van der Waals surface area contributed by atoms with Crippen molar-refractivity contribution in [3.8, 4) is 0 Å². The van der Waals surface area contributed by atoms with E-state index in [4.69, 9.17) is 5.84 Å². The number of halogens is 1. The van der Waals surface area contributed by atoms with Gasteiger partial charge in [-0.05, 0) is 36.8 Å².